The van der Waals surface area contributed by atoms with Crippen molar-refractivity contribution in [1.29, 1.82) is 0 Å². The Kier molecular flexibility index (Phi) is 15.7. The maximum absolute atomic E-state index is 12.3. The van der Waals surface area contributed by atoms with Crippen LogP contribution in [0.2, 0.25) is 0 Å². The number of carbonyl (C=O) groups is 2. The number of nitrogens with two attached hydrogens (primary N) is 1. The van der Waals surface area contributed by atoms with Gasteiger partial charge in [-0.05, 0) is 118 Å². The van der Waals surface area contributed by atoms with Crippen molar-refractivity contribution < 1.29 is 29.1 Å². The van der Waals surface area contributed by atoms with Crippen LogP contribution in [-0.2, 0) is 9.47 Å². The van der Waals surface area contributed by atoms with Gasteiger partial charge in [0.25, 0.3) is 0 Å². The number of rotatable bonds is 7. The molecule has 2 amide bonds. The molecule has 15 heteroatoms. The van der Waals surface area contributed by atoms with Gasteiger partial charge in [-0.25, -0.2) is 19.6 Å². The van der Waals surface area contributed by atoms with Gasteiger partial charge in [0.2, 0.25) is 5.82 Å². The van der Waals surface area contributed by atoms with Crippen molar-refractivity contribution in [3.8, 4) is 22.3 Å². The van der Waals surface area contributed by atoms with Gasteiger partial charge in [-0.1, -0.05) is 72.8 Å². The molecule has 0 aliphatic carbocycles. The highest BCUT2D eigenvalue weighted by Crippen LogP contribution is 2.33. The van der Waals surface area contributed by atoms with Crippen LogP contribution in [-0.4, -0.2) is 98.6 Å². The molecule has 5 N–H and O–H groups in total. The Balaban J connectivity index is 0.000000211. The van der Waals surface area contributed by atoms with E-state index in [1.165, 1.54) is 10.8 Å². The lowest BCUT2D eigenvalue weighted by Crippen LogP contribution is -2.44. The van der Waals surface area contributed by atoms with Gasteiger partial charge in [-0.15, -0.1) is 0 Å². The first-order chi connectivity index (χ1) is 31.5. The molecule has 66 heavy (non-hydrogen) atoms. The lowest BCUT2D eigenvalue weighted by molar-refractivity contribution is -0.384. The van der Waals surface area contributed by atoms with E-state index in [4.69, 9.17) is 20.3 Å². The van der Waals surface area contributed by atoms with Crippen LogP contribution in [0.5, 0.6) is 0 Å². The van der Waals surface area contributed by atoms with Crippen LogP contribution in [0.15, 0.2) is 109 Å². The van der Waals surface area contributed by atoms with Crippen LogP contribution < -0.4 is 16.4 Å². The number of aliphatic hydroxyl groups excluding tert-OH is 1. The number of anilines is 3. The van der Waals surface area contributed by atoms with E-state index in [1.807, 2.05) is 108 Å². The second kappa shape index (κ2) is 21.3. The summed E-state index contributed by atoms with van der Waals surface area (Å²) in [5.74, 6) is 0.945. The Bertz CT molecular complexity index is 2630. The molecule has 348 valence electrons. The lowest BCUT2D eigenvalue weighted by atomic mass is 10.0. The third kappa shape index (κ3) is 13.1. The average molecular weight is 899 g/mol. The summed E-state index contributed by atoms with van der Waals surface area (Å²) in [6.07, 6.45) is 5.91. The van der Waals surface area contributed by atoms with E-state index in [9.17, 15) is 19.7 Å². The van der Waals surface area contributed by atoms with Crippen LogP contribution in [0.25, 0.3) is 43.8 Å². The summed E-state index contributed by atoms with van der Waals surface area (Å²) in [7, 11) is 1.00. The topological polar surface area (TPSA) is 198 Å². The first kappa shape index (κ1) is 48.5. The predicted octanol–water partition coefficient (Wildman–Crippen LogP) is 10.5. The number of nitrogens with zero attached hydrogens (tertiary/aromatic N) is 5. The number of hydrogen-bond acceptors (Lipinski definition) is 12. The monoisotopic (exact) mass is 898 g/mol. The van der Waals surface area contributed by atoms with E-state index in [-0.39, 0.29) is 35.8 Å². The number of fused-ring (bicyclic) bond motifs is 2. The highest BCUT2D eigenvalue weighted by Gasteiger charge is 2.30. The Morgan fingerprint density at radius 3 is 1.42 bits per heavy atom. The van der Waals surface area contributed by atoms with Gasteiger partial charge in [-0.2, -0.15) is 0 Å². The van der Waals surface area contributed by atoms with Crippen molar-refractivity contribution in [2.75, 3.05) is 49.7 Å². The number of nitrogen functional groups attached to an aromatic ring is 1. The number of aromatic nitrogens is 2. The lowest BCUT2D eigenvalue weighted by Gasteiger charge is -2.34. The third-order valence-electron chi connectivity index (χ3n) is 11.1. The fourth-order valence-corrected chi connectivity index (χ4v) is 7.81. The smallest absolute Gasteiger partial charge is 0.410 e. The molecule has 0 saturated carbocycles. The van der Waals surface area contributed by atoms with Crippen molar-refractivity contribution in [3.05, 3.63) is 120 Å². The minimum absolute atomic E-state index is 0.0126. The van der Waals surface area contributed by atoms with E-state index >= 15 is 0 Å². The zero-order chi connectivity index (χ0) is 47.6. The molecule has 0 atom stereocenters. The van der Waals surface area contributed by atoms with Gasteiger partial charge >= 0.3 is 17.9 Å². The number of likely N-dealkylation sites (tertiary alicyclic amines) is 2. The van der Waals surface area contributed by atoms with Gasteiger partial charge < -0.3 is 40.7 Å². The maximum atomic E-state index is 12.3. The number of amides is 2. The minimum atomic E-state index is -0.538. The van der Waals surface area contributed by atoms with E-state index in [0.717, 1.165) is 47.4 Å². The number of pyridine rings is 2. The summed E-state index contributed by atoms with van der Waals surface area (Å²) in [6.45, 7) is 13.5. The summed E-state index contributed by atoms with van der Waals surface area (Å²) in [6, 6.07) is 32.4. The molecular formula is C51H62N8O7. The van der Waals surface area contributed by atoms with Gasteiger partial charge in [-0.3, -0.25) is 10.1 Å². The highest BCUT2D eigenvalue weighted by molar-refractivity contribution is 5.89. The van der Waals surface area contributed by atoms with Crippen LogP contribution >= 0.6 is 0 Å². The fourth-order valence-electron chi connectivity index (χ4n) is 7.81. The predicted molar refractivity (Wildman–Crippen MR) is 262 cm³/mol. The quantitative estimate of drug-likeness (QED) is 0.0875. The van der Waals surface area contributed by atoms with E-state index in [2.05, 4.69) is 50.9 Å². The maximum Gasteiger partial charge on any atom is 0.410 e. The molecule has 2 aliphatic rings. The molecule has 4 aromatic carbocycles. The van der Waals surface area contributed by atoms with Crippen molar-refractivity contribution in [1.82, 2.24) is 19.8 Å². The Hall–Kier alpha value is -7.00. The molecule has 6 aromatic rings. The molecule has 0 spiro atoms. The zero-order valence-electron chi connectivity index (χ0n) is 38.9. The van der Waals surface area contributed by atoms with E-state index in [1.54, 1.807) is 22.1 Å². The zero-order valence-corrected chi connectivity index (χ0v) is 38.9. The van der Waals surface area contributed by atoms with Crippen molar-refractivity contribution in [2.24, 2.45) is 0 Å². The largest absolute Gasteiger partial charge is 0.444 e. The molecule has 2 aromatic heterocycles. The first-order valence-electron chi connectivity index (χ1n) is 22.3. The first-order valence-corrected chi connectivity index (χ1v) is 22.3. The molecule has 2 saturated heterocycles. The van der Waals surface area contributed by atoms with Gasteiger partial charge in [0.15, 0.2) is 0 Å². The van der Waals surface area contributed by atoms with Crippen LogP contribution in [0.3, 0.4) is 0 Å². The molecule has 8 rings (SSSR count). The van der Waals surface area contributed by atoms with Crippen LogP contribution in [0.4, 0.5) is 32.6 Å². The summed E-state index contributed by atoms with van der Waals surface area (Å²) in [4.78, 5) is 48.3. The SMILES string of the molecule is CC(C)(C)OC(=O)N1CCC(Nc2ncc(-c3ccc4ccccc4c3)cc2N)CC1.CC(C)(C)OC(=O)N1CCC(Nc2ncc(-c3ccc4ccccc4c3)cc2[N+](=O)[O-])CC1.CO. The molecule has 0 unspecified atom stereocenters. The normalized spacial score (nSPS) is 14.6. The Morgan fingerprint density at radius 2 is 1.02 bits per heavy atom. The molecule has 0 radical (unpaired) electrons. The molecule has 2 fully saturated rings. The molecule has 2 aliphatic heterocycles. The standard InChI is InChI=1S/C25H28N4O4.C25H30N4O2.CH4O/c1-25(2,3)33-24(30)28-12-10-21(11-13-28)27-23-22(29(31)32)15-20(16-26-23)19-9-8-17-6-4-5-7-18(17)14-19;1-25(2,3)31-24(30)29-12-10-21(11-13-29)28-23-22(26)15-20(16-27-23)19-9-8-17-6-4-5-7-18(17)14-19;1-2/h4-9,14-16,21H,10-13H2,1-3H3,(H,26,27);4-9,14-16,21H,10-13,26H2,1-3H3,(H,27,28);2H,1H3. The fraction of sp³-hybridized carbons (Fsp3) is 0.373. The molecule has 0 bridgehead atoms. The third-order valence-corrected chi connectivity index (χ3v) is 11.1. The second-order valence-corrected chi connectivity index (χ2v) is 18.4. The second-order valence-electron chi connectivity index (χ2n) is 18.4. The number of carbonyl (C=O) groups excluding carboxylic acids is 2. The summed E-state index contributed by atoms with van der Waals surface area (Å²) >= 11 is 0. The van der Waals surface area contributed by atoms with E-state index < -0.39 is 16.1 Å². The minimum Gasteiger partial charge on any atom is -0.444 e. The van der Waals surface area contributed by atoms with Crippen molar-refractivity contribution in [3.63, 3.8) is 0 Å². The Morgan fingerprint density at radius 1 is 0.621 bits per heavy atom. The van der Waals surface area contributed by atoms with Gasteiger partial charge in [0, 0.05) is 75.0 Å². The number of nitrogens with one attached hydrogen (secondary N) is 2. The van der Waals surface area contributed by atoms with E-state index in [0.29, 0.717) is 56.1 Å². The summed E-state index contributed by atoms with van der Waals surface area (Å²) in [5.41, 5.74) is 9.53. The number of ether oxygens (including phenoxy) is 2. The molecular weight excluding hydrogens is 837 g/mol. The van der Waals surface area contributed by atoms with Gasteiger partial charge in [0.1, 0.15) is 17.0 Å². The average Bonchev–Trinajstić information content (AvgIpc) is 3.29. The van der Waals surface area contributed by atoms with Crippen LogP contribution in [0, 0.1) is 10.1 Å². The van der Waals surface area contributed by atoms with Crippen LogP contribution in [0.1, 0.15) is 67.2 Å². The molecule has 15 nitrogen and oxygen atoms in total. The summed E-state index contributed by atoms with van der Waals surface area (Å²) < 4.78 is 10.9. The van der Waals surface area contributed by atoms with Crippen molar-refractivity contribution in [2.45, 2.75) is 90.5 Å². The summed E-state index contributed by atoms with van der Waals surface area (Å²) in [5, 5.41) is 30.0. The molecule has 4 heterocycles. The highest BCUT2D eigenvalue weighted by atomic mass is 16.6. The Labute approximate surface area is 386 Å². The number of benzene rings is 4. The number of hydrogen-bond donors (Lipinski definition) is 4. The van der Waals surface area contributed by atoms with Gasteiger partial charge in [0.05, 0.1) is 10.6 Å². The van der Waals surface area contributed by atoms with Crippen molar-refractivity contribution >= 4 is 56.7 Å². The number of nitro groups is 1. The number of aliphatic hydroxyl groups is 1. The number of piperidine rings is 2.